The maximum atomic E-state index is 12.3. The van der Waals surface area contributed by atoms with Gasteiger partial charge in [0.1, 0.15) is 18.2 Å². The molecule has 0 unspecified atom stereocenters. The van der Waals surface area contributed by atoms with Gasteiger partial charge in [0.2, 0.25) is 0 Å². The highest BCUT2D eigenvalue weighted by molar-refractivity contribution is 7.14. The second kappa shape index (κ2) is 8.43. The number of aromatic nitrogens is 3. The lowest BCUT2D eigenvalue weighted by atomic mass is 10.3. The average molecular weight is 405 g/mol. The first kappa shape index (κ1) is 19.2. The Labute approximate surface area is 162 Å². The molecule has 0 spiro atoms. The number of anilines is 1. The normalized spacial score (nSPS) is 10.6. The average Bonchev–Trinajstić information content (AvgIpc) is 3.37. The Morgan fingerprint density at radius 2 is 2.25 bits per heavy atom. The zero-order chi connectivity index (χ0) is 20.1. The third-order valence-corrected chi connectivity index (χ3v) is 4.24. The van der Waals surface area contributed by atoms with Crippen LogP contribution in [0.4, 0.5) is 10.8 Å². The number of hydrogen-bond acceptors (Lipinski definition) is 9. The number of carbonyl (C=O) groups excluding carboxylic acids is 2. The van der Waals surface area contributed by atoms with E-state index in [2.05, 4.69) is 15.4 Å². The van der Waals surface area contributed by atoms with Crippen molar-refractivity contribution < 1.29 is 23.7 Å². The Kier molecular flexibility index (Phi) is 5.79. The van der Waals surface area contributed by atoms with Crippen molar-refractivity contribution in [3.63, 3.8) is 0 Å². The second-order valence-electron chi connectivity index (χ2n) is 5.50. The number of nitro groups is 1. The Morgan fingerprint density at radius 1 is 1.43 bits per heavy atom. The van der Waals surface area contributed by atoms with Gasteiger partial charge in [0.25, 0.3) is 5.91 Å². The van der Waals surface area contributed by atoms with Crippen molar-refractivity contribution in [3.8, 4) is 0 Å². The zero-order valence-electron chi connectivity index (χ0n) is 14.7. The zero-order valence-corrected chi connectivity index (χ0v) is 15.5. The predicted octanol–water partition coefficient (Wildman–Crippen LogP) is 2.25. The molecule has 3 aromatic rings. The van der Waals surface area contributed by atoms with Crippen LogP contribution in [-0.4, -0.2) is 38.2 Å². The molecule has 3 aromatic heterocycles. The Morgan fingerprint density at radius 3 is 2.96 bits per heavy atom. The first-order valence-corrected chi connectivity index (χ1v) is 8.99. The van der Waals surface area contributed by atoms with E-state index in [9.17, 15) is 19.7 Å². The van der Waals surface area contributed by atoms with Crippen molar-refractivity contribution in [2.45, 2.75) is 19.9 Å². The molecule has 28 heavy (non-hydrogen) atoms. The van der Waals surface area contributed by atoms with Crippen LogP contribution in [0.1, 0.15) is 28.9 Å². The van der Waals surface area contributed by atoms with E-state index >= 15 is 0 Å². The SMILES string of the molecule is CCOC(=O)Cc1csc(NC(=O)c2ccc(Cn3cc([N+](=O)[O-])cn3)o2)n1. The quantitative estimate of drug-likeness (QED) is 0.341. The lowest BCUT2D eigenvalue weighted by molar-refractivity contribution is -0.385. The van der Waals surface area contributed by atoms with E-state index in [1.165, 1.54) is 28.3 Å². The van der Waals surface area contributed by atoms with Gasteiger partial charge >= 0.3 is 11.7 Å². The van der Waals surface area contributed by atoms with Crippen molar-refractivity contribution in [2.75, 3.05) is 11.9 Å². The number of nitrogens with one attached hydrogen (secondary N) is 1. The maximum absolute atomic E-state index is 12.3. The molecule has 3 heterocycles. The first-order chi connectivity index (χ1) is 13.4. The van der Waals surface area contributed by atoms with Gasteiger partial charge in [0.05, 0.1) is 30.2 Å². The van der Waals surface area contributed by atoms with Gasteiger partial charge in [-0.05, 0) is 19.1 Å². The fourth-order valence-corrected chi connectivity index (χ4v) is 2.95. The van der Waals surface area contributed by atoms with Crippen LogP contribution in [0.2, 0.25) is 0 Å². The summed E-state index contributed by atoms with van der Waals surface area (Å²) < 4.78 is 11.6. The minimum Gasteiger partial charge on any atom is -0.466 e. The van der Waals surface area contributed by atoms with Crippen molar-refractivity contribution in [1.82, 2.24) is 14.8 Å². The number of hydrogen-bond donors (Lipinski definition) is 1. The minimum absolute atomic E-state index is 0.0289. The lowest BCUT2D eigenvalue weighted by Crippen LogP contribution is -2.11. The maximum Gasteiger partial charge on any atom is 0.311 e. The van der Waals surface area contributed by atoms with Gasteiger partial charge < -0.3 is 9.15 Å². The van der Waals surface area contributed by atoms with Crippen molar-refractivity contribution in [3.05, 3.63) is 57.2 Å². The van der Waals surface area contributed by atoms with E-state index in [-0.39, 0.29) is 30.4 Å². The highest BCUT2D eigenvalue weighted by Gasteiger charge is 2.16. The largest absolute Gasteiger partial charge is 0.466 e. The van der Waals surface area contributed by atoms with Gasteiger partial charge in [-0.25, -0.2) is 4.98 Å². The predicted molar refractivity (Wildman–Crippen MR) is 97.1 cm³/mol. The molecule has 3 rings (SSSR count). The smallest absolute Gasteiger partial charge is 0.311 e. The van der Waals surface area contributed by atoms with Crippen molar-refractivity contribution in [1.29, 1.82) is 0 Å². The summed E-state index contributed by atoms with van der Waals surface area (Å²) in [5.74, 6) is -0.431. The van der Waals surface area contributed by atoms with Crippen LogP contribution in [0.3, 0.4) is 0 Å². The van der Waals surface area contributed by atoms with E-state index in [0.29, 0.717) is 23.2 Å². The van der Waals surface area contributed by atoms with Crippen molar-refractivity contribution in [2.24, 2.45) is 0 Å². The van der Waals surface area contributed by atoms with Crippen LogP contribution >= 0.6 is 11.3 Å². The fourth-order valence-electron chi connectivity index (χ4n) is 2.24. The summed E-state index contributed by atoms with van der Waals surface area (Å²) in [6.07, 6.45) is 2.43. The Balaban J connectivity index is 1.58. The molecule has 0 atom stereocenters. The highest BCUT2D eigenvalue weighted by Crippen LogP contribution is 2.18. The third kappa shape index (κ3) is 4.79. The fraction of sp³-hybridized carbons (Fsp3) is 0.250. The number of furan rings is 1. The summed E-state index contributed by atoms with van der Waals surface area (Å²) in [6.45, 7) is 2.15. The van der Waals surface area contributed by atoms with Crippen LogP contribution in [0.5, 0.6) is 0 Å². The van der Waals surface area contributed by atoms with E-state index in [1.54, 1.807) is 18.4 Å². The topological polar surface area (TPSA) is 142 Å². The molecule has 0 aliphatic carbocycles. The summed E-state index contributed by atoms with van der Waals surface area (Å²) in [5.41, 5.74) is 0.367. The van der Waals surface area contributed by atoms with E-state index < -0.39 is 10.8 Å². The summed E-state index contributed by atoms with van der Waals surface area (Å²) in [5, 5.41) is 19.1. The molecule has 12 heteroatoms. The molecule has 0 aliphatic rings. The molecule has 1 N–H and O–H groups in total. The number of esters is 1. The summed E-state index contributed by atoms with van der Waals surface area (Å²) in [4.78, 5) is 38.0. The molecular weight excluding hydrogens is 390 g/mol. The van der Waals surface area contributed by atoms with Crippen LogP contribution in [0.15, 0.2) is 34.3 Å². The molecule has 11 nitrogen and oxygen atoms in total. The van der Waals surface area contributed by atoms with Crippen molar-refractivity contribution >= 4 is 34.0 Å². The molecule has 0 saturated heterocycles. The summed E-state index contributed by atoms with van der Waals surface area (Å²) in [6, 6.07) is 3.06. The van der Waals surface area contributed by atoms with E-state index in [4.69, 9.17) is 9.15 Å². The molecule has 0 radical (unpaired) electrons. The Hall–Kier alpha value is -3.54. The molecular formula is C16H15N5O6S. The molecule has 0 fully saturated rings. The number of nitrogens with zero attached hydrogens (tertiary/aromatic N) is 4. The summed E-state index contributed by atoms with van der Waals surface area (Å²) in [7, 11) is 0. The minimum atomic E-state index is -0.547. The van der Waals surface area contributed by atoms with Crippen LogP contribution in [0.25, 0.3) is 0 Å². The number of amides is 1. The van der Waals surface area contributed by atoms with Crippen LogP contribution in [0, 0.1) is 10.1 Å². The lowest BCUT2D eigenvalue weighted by Gasteiger charge is -2.00. The molecule has 0 aliphatic heterocycles. The Bertz CT molecular complexity index is 1010. The molecule has 1 amide bonds. The van der Waals surface area contributed by atoms with Gasteiger partial charge in [0, 0.05) is 5.38 Å². The number of ether oxygens (including phenoxy) is 1. The van der Waals surface area contributed by atoms with E-state index in [1.807, 2.05) is 0 Å². The van der Waals surface area contributed by atoms with E-state index in [0.717, 1.165) is 6.20 Å². The standard InChI is InChI=1S/C16H15N5O6S/c1-2-26-14(22)5-10-9-28-16(18-10)19-15(23)13-4-3-12(27-13)8-20-7-11(6-17-20)21(24)25/h3-4,6-7,9H,2,5,8H2,1H3,(H,18,19,23). The second-order valence-corrected chi connectivity index (χ2v) is 6.36. The van der Waals surface area contributed by atoms with Gasteiger partial charge in [-0.2, -0.15) is 5.10 Å². The molecule has 0 saturated carbocycles. The monoisotopic (exact) mass is 405 g/mol. The van der Waals surface area contributed by atoms with Crippen LogP contribution in [-0.2, 0) is 22.5 Å². The molecule has 0 bridgehead atoms. The molecule has 146 valence electrons. The third-order valence-electron chi connectivity index (χ3n) is 3.44. The van der Waals surface area contributed by atoms with Gasteiger partial charge in [-0.15, -0.1) is 11.3 Å². The number of rotatable bonds is 8. The highest BCUT2D eigenvalue weighted by atomic mass is 32.1. The van der Waals surface area contributed by atoms with Crippen LogP contribution < -0.4 is 5.32 Å². The van der Waals surface area contributed by atoms with Gasteiger partial charge in [0.15, 0.2) is 10.9 Å². The number of thiazole rings is 1. The summed E-state index contributed by atoms with van der Waals surface area (Å²) >= 11 is 1.18. The van der Waals surface area contributed by atoms with Gasteiger partial charge in [-0.1, -0.05) is 0 Å². The van der Waals surface area contributed by atoms with Gasteiger partial charge in [-0.3, -0.25) is 29.7 Å². The number of carbonyl (C=O) groups is 2. The molecule has 0 aromatic carbocycles. The first-order valence-electron chi connectivity index (χ1n) is 8.11.